The number of hydrogen-bond acceptors (Lipinski definition) is 4. The number of nitrogens with one attached hydrogen (secondary N) is 1. The highest BCUT2D eigenvalue weighted by Gasteiger charge is 2.27. The first-order chi connectivity index (χ1) is 8.13. The Morgan fingerprint density at radius 1 is 1.65 bits per heavy atom. The van der Waals surface area contributed by atoms with Gasteiger partial charge >= 0.3 is 0 Å². The van der Waals surface area contributed by atoms with Gasteiger partial charge in [-0.25, -0.2) is 9.82 Å². The van der Waals surface area contributed by atoms with Crippen LogP contribution in [0.1, 0.15) is 18.0 Å². The van der Waals surface area contributed by atoms with Crippen molar-refractivity contribution in [2.75, 3.05) is 13.7 Å². The monoisotopic (exact) mass is 259 g/mol. The van der Waals surface area contributed by atoms with Gasteiger partial charge in [0, 0.05) is 29.3 Å². The predicted molar refractivity (Wildman–Crippen MR) is 59.1 cm³/mol. The van der Waals surface area contributed by atoms with Gasteiger partial charge in [-0.15, -0.1) is 0 Å². The molecule has 17 heavy (non-hydrogen) atoms. The first-order valence-corrected chi connectivity index (χ1v) is 6.15. The van der Waals surface area contributed by atoms with Gasteiger partial charge in [-0.2, -0.15) is 4.41 Å². The Kier molecular flexibility index (Phi) is 3.72. The minimum absolute atomic E-state index is 0.358. The van der Waals surface area contributed by atoms with E-state index < -0.39 is 17.1 Å². The minimum Gasteiger partial charge on any atom is -0.759 e. The Morgan fingerprint density at radius 2 is 2.41 bits per heavy atom. The van der Waals surface area contributed by atoms with E-state index in [1.165, 1.54) is 19.2 Å². The third-order valence-corrected chi connectivity index (χ3v) is 3.41. The van der Waals surface area contributed by atoms with Gasteiger partial charge < -0.3 is 9.29 Å². The highest BCUT2D eigenvalue weighted by atomic mass is 32.2. The maximum atomic E-state index is 13.0. The van der Waals surface area contributed by atoms with Crippen molar-refractivity contribution in [2.24, 2.45) is 0 Å². The van der Waals surface area contributed by atoms with Crippen LogP contribution in [0.5, 0.6) is 5.75 Å². The highest BCUT2D eigenvalue weighted by molar-refractivity contribution is 7.76. The molecular weight excluding hydrogens is 247 g/mol. The topological polar surface area (TPSA) is 64.6 Å². The molecule has 0 radical (unpaired) electrons. The molecule has 2 unspecified atom stereocenters. The van der Waals surface area contributed by atoms with Crippen molar-refractivity contribution in [1.29, 1.82) is 0 Å². The average molecular weight is 259 g/mol. The van der Waals surface area contributed by atoms with Crippen LogP contribution in [0.15, 0.2) is 18.2 Å². The largest absolute Gasteiger partial charge is 0.759 e. The van der Waals surface area contributed by atoms with Crippen LogP contribution in [0.25, 0.3) is 0 Å². The zero-order valence-electron chi connectivity index (χ0n) is 9.18. The van der Waals surface area contributed by atoms with Gasteiger partial charge in [0.05, 0.1) is 12.6 Å². The number of hydrogen-bond donors (Lipinski definition) is 1. The molecule has 0 saturated heterocycles. The van der Waals surface area contributed by atoms with Crippen molar-refractivity contribution in [3.63, 3.8) is 0 Å². The molecule has 0 bridgehead atoms. The molecule has 94 valence electrons. The number of nitrogens with zero attached hydrogens (tertiary/aromatic N) is 1. The lowest BCUT2D eigenvalue weighted by molar-refractivity contribution is 0.176. The molecule has 0 saturated carbocycles. The van der Waals surface area contributed by atoms with Gasteiger partial charge in [-0.1, -0.05) is 6.07 Å². The molecule has 0 aromatic heterocycles. The van der Waals surface area contributed by atoms with E-state index in [1.807, 2.05) is 0 Å². The predicted octanol–water partition coefficient (Wildman–Crippen LogP) is 0.880. The number of halogens is 1. The fourth-order valence-electron chi connectivity index (χ4n) is 1.92. The fraction of sp³-hybridized carbons (Fsp3) is 0.400. The van der Waals surface area contributed by atoms with Gasteiger partial charge in [0.2, 0.25) is 0 Å². The van der Waals surface area contributed by atoms with Gasteiger partial charge in [0.15, 0.2) is 0 Å². The number of benzene rings is 1. The van der Waals surface area contributed by atoms with E-state index >= 15 is 0 Å². The first-order valence-electron chi connectivity index (χ1n) is 5.11. The SMILES string of the molecule is CNN(C1CCOc2cc(F)ccc21)S(=O)[O-]. The Labute approximate surface area is 101 Å². The second-order valence-corrected chi connectivity index (χ2v) is 4.43. The van der Waals surface area contributed by atoms with E-state index in [1.54, 1.807) is 6.07 Å². The Hall–Kier alpha value is -1.02. The van der Waals surface area contributed by atoms with Crippen LogP contribution >= 0.6 is 0 Å². The summed E-state index contributed by atoms with van der Waals surface area (Å²) in [4.78, 5) is 0. The van der Waals surface area contributed by atoms with E-state index in [2.05, 4.69) is 5.43 Å². The summed E-state index contributed by atoms with van der Waals surface area (Å²) in [6, 6.07) is 3.74. The van der Waals surface area contributed by atoms with Gasteiger partial charge in [0.25, 0.3) is 0 Å². The highest BCUT2D eigenvalue weighted by Crippen LogP contribution is 2.35. The normalized spacial score (nSPS) is 20.8. The number of fused-ring (bicyclic) bond motifs is 1. The van der Waals surface area contributed by atoms with Crippen LogP contribution in [0, 0.1) is 5.82 Å². The zero-order valence-corrected chi connectivity index (χ0v) is 10.00. The summed E-state index contributed by atoms with van der Waals surface area (Å²) in [6.45, 7) is 0.358. The second kappa shape index (κ2) is 5.09. The molecule has 2 atom stereocenters. The lowest BCUT2D eigenvalue weighted by atomic mass is 10.0. The van der Waals surface area contributed by atoms with E-state index in [4.69, 9.17) is 4.74 Å². The summed E-state index contributed by atoms with van der Waals surface area (Å²) in [5.74, 6) is -0.00407. The van der Waals surface area contributed by atoms with Crippen LogP contribution < -0.4 is 10.2 Å². The van der Waals surface area contributed by atoms with Crippen molar-refractivity contribution < 1.29 is 17.9 Å². The summed E-state index contributed by atoms with van der Waals surface area (Å²) in [6.07, 6.45) is 0.521. The Balaban J connectivity index is 2.37. The van der Waals surface area contributed by atoms with Gasteiger partial charge in [-0.3, -0.25) is 4.21 Å². The Morgan fingerprint density at radius 3 is 3.06 bits per heavy atom. The summed E-state index contributed by atoms with van der Waals surface area (Å²) in [5.41, 5.74) is 3.26. The molecule has 1 N–H and O–H groups in total. The molecule has 1 aliphatic heterocycles. The van der Waals surface area contributed by atoms with Crippen LogP contribution in [-0.4, -0.2) is 26.8 Å². The quantitative estimate of drug-likeness (QED) is 0.646. The molecule has 2 rings (SSSR count). The van der Waals surface area contributed by atoms with Crippen molar-refractivity contribution >= 4 is 11.3 Å². The first kappa shape index (κ1) is 12.4. The maximum absolute atomic E-state index is 13.0. The second-order valence-electron chi connectivity index (χ2n) is 3.60. The summed E-state index contributed by atoms with van der Waals surface area (Å²) in [5, 5.41) is 0. The van der Waals surface area contributed by atoms with E-state index in [-0.39, 0.29) is 6.04 Å². The lowest BCUT2D eigenvalue weighted by Crippen LogP contribution is -2.41. The summed E-state index contributed by atoms with van der Waals surface area (Å²) >= 11 is -2.39. The standard InChI is InChI=1S/C10H13FN2O3S/c1-12-13(17(14)15)9-4-5-16-10-6-7(11)2-3-8(9)10/h2-3,6,9,12H,4-5H2,1H3,(H,14,15)/p-1. The van der Waals surface area contributed by atoms with E-state index in [0.29, 0.717) is 24.3 Å². The third kappa shape index (κ3) is 2.47. The zero-order chi connectivity index (χ0) is 12.4. The van der Waals surface area contributed by atoms with Crippen molar-refractivity contribution in [3.8, 4) is 5.75 Å². The van der Waals surface area contributed by atoms with Gasteiger partial charge in [0.1, 0.15) is 11.6 Å². The molecule has 0 fully saturated rings. The minimum atomic E-state index is -2.39. The lowest BCUT2D eigenvalue weighted by Gasteiger charge is -2.35. The molecule has 0 spiro atoms. The van der Waals surface area contributed by atoms with Crippen LogP contribution in [0.3, 0.4) is 0 Å². The van der Waals surface area contributed by atoms with E-state index in [0.717, 1.165) is 4.41 Å². The van der Waals surface area contributed by atoms with Crippen molar-refractivity contribution in [1.82, 2.24) is 9.84 Å². The van der Waals surface area contributed by atoms with Crippen molar-refractivity contribution in [2.45, 2.75) is 12.5 Å². The number of ether oxygens (including phenoxy) is 1. The third-order valence-electron chi connectivity index (χ3n) is 2.65. The average Bonchev–Trinajstić information content (AvgIpc) is 2.29. The molecule has 1 aromatic rings. The molecule has 0 amide bonds. The molecule has 1 aromatic carbocycles. The van der Waals surface area contributed by atoms with E-state index in [9.17, 15) is 13.2 Å². The summed E-state index contributed by atoms with van der Waals surface area (Å²) < 4.78 is 41.6. The Bertz CT molecular complexity index is 444. The van der Waals surface area contributed by atoms with Crippen LogP contribution in [-0.2, 0) is 11.3 Å². The number of rotatable bonds is 3. The molecule has 1 aliphatic rings. The smallest absolute Gasteiger partial charge is 0.127 e. The number of hydrazine groups is 1. The molecular formula is C10H12FN2O3S-. The molecule has 5 nitrogen and oxygen atoms in total. The molecule has 1 heterocycles. The van der Waals surface area contributed by atoms with Crippen molar-refractivity contribution in [3.05, 3.63) is 29.6 Å². The van der Waals surface area contributed by atoms with Crippen LogP contribution in [0.2, 0.25) is 0 Å². The van der Waals surface area contributed by atoms with Crippen LogP contribution in [0.4, 0.5) is 4.39 Å². The fourth-order valence-corrected chi connectivity index (χ4v) is 2.50. The molecule has 0 aliphatic carbocycles. The summed E-state index contributed by atoms with van der Waals surface area (Å²) in [7, 11) is 1.52. The van der Waals surface area contributed by atoms with Gasteiger partial charge in [-0.05, 0) is 13.1 Å². The maximum Gasteiger partial charge on any atom is 0.127 e. The molecule has 7 heteroatoms.